The molecule has 2 heterocycles. The van der Waals surface area contributed by atoms with E-state index in [9.17, 15) is 4.79 Å². The number of rotatable bonds is 3. The minimum atomic E-state index is 0.0562. The first kappa shape index (κ1) is 15.2. The largest absolute Gasteiger partial charge is 0.486 e. The molecule has 0 spiro atoms. The number of carbonyl (C=O) groups is 1. The van der Waals surface area contributed by atoms with Crippen LogP contribution in [-0.2, 0) is 4.79 Å². The van der Waals surface area contributed by atoms with Crippen molar-refractivity contribution in [1.29, 1.82) is 0 Å². The summed E-state index contributed by atoms with van der Waals surface area (Å²) in [6.45, 7) is 1.48. The molecule has 4 rings (SSSR count). The number of likely N-dealkylation sites (tertiary alicyclic amines) is 1. The van der Waals surface area contributed by atoms with Gasteiger partial charge in [-0.25, -0.2) is 0 Å². The molecule has 0 saturated carbocycles. The van der Waals surface area contributed by atoms with Crippen molar-refractivity contribution in [2.45, 2.75) is 31.8 Å². The second kappa shape index (κ2) is 6.63. The number of benzene rings is 1. The lowest BCUT2D eigenvalue weighted by Gasteiger charge is -2.24. The summed E-state index contributed by atoms with van der Waals surface area (Å²) < 4.78 is 6.19. The predicted octanol–water partition coefficient (Wildman–Crippen LogP) is 3.57. The van der Waals surface area contributed by atoms with Gasteiger partial charge in [0.15, 0.2) is 0 Å². The van der Waals surface area contributed by atoms with Crippen LogP contribution in [-0.4, -0.2) is 35.0 Å². The van der Waals surface area contributed by atoms with Crippen molar-refractivity contribution in [2.75, 3.05) is 13.1 Å². The topological polar surface area (TPSA) is 42.4 Å². The Morgan fingerprint density at radius 2 is 2.08 bits per heavy atom. The molecule has 0 unspecified atom stereocenters. The number of fused-ring (bicyclic) bond motifs is 1. The zero-order valence-electron chi connectivity index (χ0n) is 13.7. The highest BCUT2D eigenvalue weighted by atomic mass is 16.5. The van der Waals surface area contributed by atoms with E-state index in [-0.39, 0.29) is 12.0 Å². The fraction of sp³-hybridized carbons (Fsp3) is 0.400. The van der Waals surface area contributed by atoms with Gasteiger partial charge >= 0.3 is 0 Å². The van der Waals surface area contributed by atoms with Gasteiger partial charge < -0.3 is 9.64 Å². The Morgan fingerprint density at radius 1 is 1.17 bits per heavy atom. The number of pyridine rings is 1. The van der Waals surface area contributed by atoms with Crippen LogP contribution in [0.15, 0.2) is 48.7 Å². The average Bonchev–Trinajstić information content (AvgIpc) is 3.11. The number of amides is 1. The van der Waals surface area contributed by atoms with Crippen LogP contribution in [0.2, 0.25) is 0 Å². The predicted molar refractivity (Wildman–Crippen MR) is 93.8 cm³/mol. The van der Waals surface area contributed by atoms with Crippen LogP contribution in [0.4, 0.5) is 0 Å². The summed E-state index contributed by atoms with van der Waals surface area (Å²) in [5, 5.41) is 1.08. The molecule has 1 amide bonds. The van der Waals surface area contributed by atoms with Crippen molar-refractivity contribution in [2.24, 2.45) is 5.92 Å². The zero-order valence-corrected chi connectivity index (χ0v) is 13.7. The fourth-order valence-electron chi connectivity index (χ4n) is 3.65. The molecule has 4 heteroatoms. The number of carbonyl (C=O) groups excluding carboxylic acids is 1. The van der Waals surface area contributed by atoms with E-state index in [2.05, 4.69) is 17.1 Å². The van der Waals surface area contributed by atoms with Crippen LogP contribution in [0.3, 0.4) is 0 Å². The lowest BCUT2D eigenvalue weighted by Crippen LogP contribution is -2.36. The number of para-hydroxylation sites is 1. The van der Waals surface area contributed by atoms with E-state index in [0.717, 1.165) is 48.9 Å². The first-order valence-corrected chi connectivity index (χ1v) is 8.75. The van der Waals surface area contributed by atoms with E-state index < -0.39 is 0 Å². The molecule has 24 heavy (non-hydrogen) atoms. The molecule has 0 N–H and O–H groups in total. The van der Waals surface area contributed by atoms with Gasteiger partial charge in [0.25, 0.3) is 0 Å². The Bertz CT molecular complexity index is 766. The highest BCUT2D eigenvalue weighted by Gasteiger charge is 2.31. The molecule has 124 valence electrons. The summed E-state index contributed by atoms with van der Waals surface area (Å²) in [6, 6.07) is 9.96. The molecule has 4 nitrogen and oxygen atoms in total. The molecular formula is C20H22N2O2. The summed E-state index contributed by atoms with van der Waals surface area (Å²) in [6.07, 6.45) is 9.92. The van der Waals surface area contributed by atoms with Crippen LogP contribution in [0.25, 0.3) is 10.9 Å². The zero-order chi connectivity index (χ0) is 16.4. The Balaban J connectivity index is 1.43. The fourth-order valence-corrected chi connectivity index (χ4v) is 3.65. The van der Waals surface area contributed by atoms with E-state index in [1.807, 2.05) is 35.2 Å². The molecule has 1 aromatic heterocycles. The van der Waals surface area contributed by atoms with Crippen LogP contribution in [0.1, 0.15) is 25.7 Å². The number of hydrogen-bond acceptors (Lipinski definition) is 3. The van der Waals surface area contributed by atoms with Crippen LogP contribution < -0.4 is 4.74 Å². The monoisotopic (exact) mass is 322 g/mol. The van der Waals surface area contributed by atoms with Crippen molar-refractivity contribution in [3.63, 3.8) is 0 Å². The van der Waals surface area contributed by atoms with Gasteiger partial charge in [-0.05, 0) is 31.4 Å². The van der Waals surface area contributed by atoms with Gasteiger partial charge in [0, 0.05) is 30.5 Å². The van der Waals surface area contributed by atoms with Crippen molar-refractivity contribution in [3.05, 3.63) is 48.7 Å². The van der Waals surface area contributed by atoms with Gasteiger partial charge in [0.1, 0.15) is 17.4 Å². The van der Waals surface area contributed by atoms with Gasteiger partial charge in [-0.1, -0.05) is 30.4 Å². The van der Waals surface area contributed by atoms with Crippen molar-refractivity contribution in [3.8, 4) is 5.75 Å². The van der Waals surface area contributed by atoms with E-state index in [0.29, 0.717) is 12.5 Å². The molecule has 2 aromatic rings. The molecule has 1 saturated heterocycles. The van der Waals surface area contributed by atoms with Crippen molar-refractivity contribution in [1.82, 2.24) is 9.88 Å². The van der Waals surface area contributed by atoms with Crippen molar-refractivity contribution < 1.29 is 9.53 Å². The summed E-state index contributed by atoms with van der Waals surface area (Å²) in [5.74, 6) is 1.27. The third kappa shape index (κ3) is 3.01. The lowest BCUT2D eigenvalue weighted by atomic mass is 9.93. The average molecular weight is 322 g/mol. The molecular weight excluding hydrogens is 300 g/mol. The summed E-state index contributed by atoms with van der Waals surface area (Å²) >= 11 is 0. The molecule has 0 radical (unpaired) electrons. The summed E-state index contributed by atoms with van der Waals surface area (Å²) in [7, 11) is 0. The standard InChI is InChI=1S/C20H22N2O2/c23-20(16-6-2-1-3-7-16)22-13-11-17(14-22)24-18-10-4-8-15-9-5-12-21-19(15)18/h1-2,4-5,8-10,12,16-17H,3,6-7,11,13-14H2/t16-,17+/m0/s1. The Hall–Kier alpha value is -2.36. The second-order valence-corrected chi connectivity index (χ2v) is 6.63. The van der Waals surface area contributed by atoms with Gasteiger partial charge in [-0.2, -0.15) is 0 Å². The smallest absolute Gasteiger partial charge is 0.226 e. The van der Waals surface area contributed by atoms with E-state index in [1.165, 1.54) is 0 Å². The number of allylic oxidation sites excluding steroid dienone is 2. The number of aromatic nitrogens is 1. The quantitative estimate of drug-likeness (QED) is 0.811. The maximum absolute atomic E-state index is 12.6. The molecule has 2 aliphatic rings. The minimum Gasteiger partial charge on any atom is -0.486 e. The Kier molecular flexibility index (Phi) is 4.20. The number of nitrogens with zero attached hydrogens (tertiary/aromatic N) is 2. The van der Waals surface area contributed by atoms with Gasteiger partial charge in [0.2, 0.25) is 5.91 Å². The summed E-state index contributed by atoms with van der Waals surface area (Å²) in [4.78, 5) is 19.1. The van der Waals surface area contributed by atoms with Crippen LogP contribution >= 0.6 is 0 Å². The first-order chi connectivity index (χ1) is 11.8. The highest BCUT2D eigenvalue weighted by Crippen LogP contribution is 2.28. The van der Waals surface area contributed by atoms with E-state index >= 15 is 0 Å². The number of hydrogen-bond donors (Lipinski definition) is 0. The summed E-state index contributed by atoms with van der Waals surface area (Å²) in [5.41, 5.74) is 0.891. The normalized spacial score (nSPS) is 23.6. The lowest BCUT2D eigenvalue weighted by molar-refractivity contribution is -0.135. The van der Waals surface area contributed by atoms with Crippen LogP contribution in [0, 0.1) is 5.92 Å². The minimum absolute atomic E-state index is 0.0562. The third-order valence-corrected chi connectivity index (χ3v) is 4.96. The molecule has 1 aromatic carbocycles. The Labute approximate surface area is 142 Å². The third-order valence-electron chi connectivity index (χ3n) is 4.96. The maximum atomic E-state index is 12.6. The molecule has 1 aliphatic heterocycles. The van der Waals surface area contributed by atoms with Gasteiger partial charge in [-0.15, -0.1) is 0 Å². The van der Waals surface area contributed by atoms with E-state index in [1.54, 1.807) is 6.20 Å². The number of ether oxygens (including phenoxy) is 1. The molecule has 2 atom stereocenters. The SMILES string of the molecule is O=C([C@H]1CC=CCC1)N1CC[C@@H](Oc2cccc3cccnc23)C1. The van der Waals surface area contributed by atoms with Gasteiger partial charge in [0.05, 0.1) is 6.54 Å². The maximum Gasteiger partial charge on any atom is 0.226 e. The molecule has 0 bridgehead atoms. The van der Waals surface area contributed by atoms with Gasteiger partial charge in [-0.3, -0.25) is 9.78 Å². The van der Waals surface area contributed by atoms with E-state index in [4.69, 9.17) is 4.74 Å². The highest BCUT2D eigenvalue weighted by molar-refractivity contribution is 5.84. The first-order valence-electron chi connectivity index (χ1n) is 8.75. The van der Waals surface area contributed by atoms with Crippen LogP contribution in [0.5, 0.6) is 5.75 Å². The molecule has 1 fully saturated rings. The van der Waals surface area contributed by atoms with Crippen molar-refractivity contribution >= 4 is 16.8 Å². The second-order valence-electron chi connectivity index (χ2n) is 6.63. The Morgan fingerprint density at radius 3 is 2.96 bits per heavy atom. The molecule has 1 aliphatic carbocycles.